The topological polar surface area (TPSA) is 76.4 Å². The molecule has 0 fully saturated rings. The minimum atomic E-state index is -0.303. The van der Waals surface area contributed by atoms with E-state index in [1.807, 2.05) is 24.7 Å². The molecule has 2 N–H and O–H groups in total. The van der Waals surface area contributed by atoms with Crippen LogP contribution in [-0.2, 0) is 20.1 Å². The molecule has 30 heavy (non-hydrogen) atoms. The smallest absolute Gasteiger partial charge is 0.219 e. The predicted octanol–water partition coefficient (Wildman–Crippen LogP) is 3.85. The van der Waals surface area contributed by atoms with Crippen molar-refractivity contribution in [2.24, 2.45) is 12.0 Å². The Labute approximate surface area is 192 Å². The first kappa shape index (κ1) is 23.6. The molecule has 3 aromatic rings. The highest BCUT2D eigenvalue weighted by molar-refractivity contribution is 14.0. The van der Waals surface area contributed by atoms with E-state index in [2.05, 4.69) is 32.6 Å². The van der Waals surface area contributed by atoms with Crippen LogP contribution < -0.4 is 15.4 Å². The molecule has 0 saturated heterocycles. The summed E-state index contributed by atoms with van der Waals surface area (Å²) in [6.45, 7) is 5.26. The van der Waals surface area contributed by atoms with E-state index < -0.39 is 0 Å². The Morgan fingerprint density at radius 1 is 1.10 bits per heavy atom. The van der Waals surface area contributed by atoms with Crippen LogP contribution in [0.5, 0.6) is 11.6 Å². The Kier molecular flexibility index (Phi) is 8.58. The Morgan fingerprint density at radius 3 is 2.37 bits per heavy atom. The number of halogens is 2. The molecular formula is C21H26FIN6O. The number of rotatable bonds is 6. The van der Waals surface area contributed by atoms with Gasteiger partial charge < -0.3 is 15.4 Å². The van der Waals surface area contributed by atoms with E-state index in [-0.39, 0.29) is 29.8 Å². The maximum Gasteiger partial charge on any atom is 0.219 e. The van der Waals surface area contributed by atoms with Gasteiger partial charge in [-0.05, 0) is 43.7 Å². The fraction of sp³-hybridized carbons (Fsp3) is 0.286. The Balaban J connectivity index is 0.00000320. The van der Waals surface area contributed by atoms with E-state index in [1.54, 1.807) is 31.4 Å². The Hall–Kier alpha value is -2.69. The van der Waals surface area contributed by atoms with E-state index in [0.29, 0.717) is 30.7 Å². The number of aliphatic imine (C=N–C) groups is 1. The fourth-order valence-corrected chi connectivity index (χ4v) is 2.85. The van der Waals surface area contributed by atoms with Gasteiger partial charge >= 0.3 is 0 Å². The zero-order valence-electron chi connectivity index (χ0n) is 17.4. The lowest BCUT2D eigenvalue weighted by Gasteiger charge is -2.12. The number of aromatic nitrogens is 3. The Bertz CT molecular complexity index is 986. The van der Waals surface area contributed by atoms with Gasteiger partial charge in [-0.2, -0.15) is 5.10 Å². The third-order valence-corrected chi connectivity index (χ3v) is 4.61. The van der Waals surface area contributed by atoms with Crippen molar-refractivity contribution in [1.82, 2.24) is 25.4 Å². The molecule has 3 rings (SSSR count). The van der Waals surface area contributed by atoms with Gasteiger partial charge in [-0.15, -0.1) is 24.0 Å². The SMILES string of the molecule is CN=C(NCc1ccc(Oc2ccc(F)cc2)nc1)NCc1c(C)nn(C)c1C.I. The molecule has 0 atom stereocenters. The molecule has 7 nitrogen and oxygen atoms in total. The number of hydrogen-bond acceptors (Lipinski definition) is 4. The quantitative estimate of drug-likeness (QED) is 0.291. The monoisotopic (exact) mass is 524 g/mol. The molecule has 9 heteroatoms. The van der Waals surface area contributed by atoms with E-state index >= 15 is 0 Å². The first-order valence-corrected chi connectivity index (χ1v) is 9.28. The highest BCUT2D eigenvalue weighted by atomic mass is 127. The van der Waals surface area contributed by atoms with Crippen molar-refractivity contribution >= 4 is 29.9 Å². The van der Waals surface area contributed by atoms with Crippen molar-refractivity contribution in [3.8, 4) is 11.6 Å². The van der Waals surface area contributed by atoms with Gasteiger partial charge in [0.05, 0.1) is 5.69 Å². The van der Waals surface area contributed by atoms with Gasteiger partial charge in [0.2, 0.25) is 5.88 Å². The molecule has 2 aromatic heterocycles. The molecule has 0 saturated carbocycles. The summed E-state index contributed by atoms with van der Waals surface area (Å²) in [5.74, 6) is 1.38. The fourth-order valence-electron chi connectivity index (χ4n) is 2.85. The normalized spacial score (nSPS) is 11.0. The van der Waals surface area contributed by atoms with E-state index in [4.69, 9.17) is 4.74 Å². The second-order valence-electron chi connectivity index (χ2n) is 6.61. The van der Waals surface area contributed by atoms with Crippen LogP contribution in [0.25, 0.3) is 0 Å². The average Bonchev–Trinajstić information content (AvgIpc) is 2.96. The van der Waals surface area contributed by atoms with Crippen molar-refractivity contribution in [2.45, 2.75) is 26.9 Å². The number of aryl methyl sites for hydroxylation is 2. The number of hydrogen-bond donors (Lipinski definition) is 2. The van der Waals surface area contributed by atoms with Crippen LogP contribution in [0.4, 0.5) is 4.39 Å². The number of guanidine groups is 1. The minimum Gasteiger partial charge on any atom is -0.439 e. The lowest BCUT2D eigenvalue weighted by Crippen LogP contribution is -2.36. The van der Waals surface area contributed by atoms with Gasteiger partial charge in [0.1, 0.15) is 11.6 Å². The summed E-state index contributed by atoms with van der Waals surface area (Å²) >= 11 is 0. The van der Waals surface area contributed by atoms with E-state index in [0.717, 1.165) is 17.0 Å². The molecular weight excluding hydrogens is 498 g/mol. The molecule has 0 amide bonds. The molecule has 0 unspecified atom stereocenters. The largest absolute Gasteiger partial charge is 0.439 e. The molecule has 0 radical (unpaired) electrons. The maximum absolute atomic E-state index is 13.0. The predicted molar refractivity (Wildman–Crippen MR) is 126 cm³/mol. The summed E-state index contributed by atoms with van der Waals surface area (Å²) in [5.41, 5.74) is 4.29. The number of pyridine rings is 1. The standard InChI is InChI=1S/C21H25FN6O.HI/c1-14-19(15(2)28(4)27-14)13-26-21(23-3)25-12-16-5-10-20(24-11-16)29-18-8-6-17(22)7-9-18;/h5-11H,12-13H2,1-4H3,(H2,23,25,26);1H. The summed E-state index contributed by atoms with van der Waals surface area (Å²) in [4.78, 5) is 8.55. The van der Waals surface area contributed by atoms with Crippen molar-refractivity contribution in [2.75, 3.05) is 7.05 Å². The first-order valence-electron chi connectivity index (χ1n) is 9.28. The summed E-state index contributed by atoms with van der Waals surface area (Å²) in [6, 6.07) is 9.52. The van der Waals surface area contributed by atoms with Crippen LogP contribution >= 0.6 is 24.0 Å². The molecule has 1 aromatic carbocycles. The second kappa shape index (κ2) is 10.9. The average molecular weight is 524 g/mol. The molecule has 2 heterocycles. The van der Waals surface area contributed by atoms with Gasteiger partial charge in [-0.3, -0.25) is 9.67 Å². The van der Waals surface area contributed by atoms with Gasteiger partial charge in [-0.25, -0.2) is 9.37 Å². The van der Waals surface area contributed by atoms with Crippen LogP contribution in [0.15, 0.2) is 47.6 Å². The van der Waals surface area contributed by atoms with Crippen LogP contribution in [-0.4, -0.2) is 27.8 Å². The minimum absolute atomic E-state index is 0. The van der Waals surface area contributed by atoms with Crippen molar-refractivity contribution in [1.29, 1.82) is 0 Å². The third-order valence-electron chi connectivity index (χ3n) is 4.61. The van der Waals surface area contributed by atoms with Crippen LogP contribution in [0, 0.1) is 19.7 Å². The molecule has 160 valence electrons. The van der Waals surface area contributed by atoms with Crippen LogP contribution in [0.3, 0.4) is 0 Å². The molecule has 0 aliphatic heterocycles. The highest BCUT2D eigenvalue weighted by Crippen LogP contribution is 2.19. The van der Waals surface area contributed by atoms with Gasteiger partial charge in [-0.1, -0.05) is 6.07 Å². The molecule has 0 aliphatic carbocycles. The zero-order chi connectivity index (χ0) is 20.8. The highest BCUT2D eigenvalue weighted by Gasteiger charge is 2.09. The van der Waals surface area contributed by atoms with Crippen LogP contribution in [0.1, 0.15) is 22.5 Å². The summed E-state index contributed by atoms with van der Waals surface area (Å²) < 4.78 is 20.4. The molecule has 0 spiro atoms. The lowest BCUT2D eigenvalue weighted by molar-refractivity contribution is 0.461. The van der Waals surface area contributed by atoms with Crippen molar-refractivity contribution in [3.05, 3.63) is 70.9 Å². The lowest BCUT2D eigenvalue weighted by atomic mass is 10.2. The number of benzene rings is 1. The van der Waals surface area contributed by atoms with Gasteiger partial charge in [0, 0.05) is 50.7 Å². The van der Waals surface area contributed by atoms with Crippen molar-refractivity contribution < 1.29 is 9.13 Å². The molecule has 0 aliphatic rings. The van der Waals surface area contributed by atoms with Crippen molar-refractivity contribution in [3.63, 3.8) is 0 Å². The van der Waals surface area contributed by atoms with Gasteiger partial charge in [0.15, 0.2) is 5.96 Å². The summed E-state index contributed by atoms with van der Waals surface area (Å²) in [7, 11) is 3.67. The number of nitrogens with zero attached hydrogens (tertiary/aromatic N) is 4. The van der Waals surface area contributed by atoms with Crippen LogP contribution in [0.2, 0.25) is 0 Å². The summed E-state index contributed by atoms with van der Waals surface area (Å²) in [5, 5.41) is 11.0. The third kappa shape index (κ3) is 6.15. The van der Waals surface area contributed by atoms with Gasteiger partial charge in [0.25, 0.3) is 0 Å². The van der Waals surface area contributed by atoms with E-state index in [9.17, 15) is 4.39 Å². The first-order chi connectivity index (χ1) is 14.0. The number of ether oxygens (including phenoxy) is 1. The summed E-state index contributed by atoms with van der Waals surface area (Å²) in [6.07, 6.45) is 1.73. The molecule has 0 bridgehead atoms. The van der Waals surface area contributed by atoms with E-state index in [1.165, 1.54) is 17.7 Å². The Morgan fingerprint density at radius 2 is 1.80 bits per heavy atom. The maximum atomic E-state index is 13.0. The zero-order valence-corrected chi connectivity index (χ0v) is 19.8. The number of nitrogens with one attached hydrogen (secondary N) is 2. The second-order valence-corrected chi connectivity index (χ2v) is 6.61.